The number of nitrogens with zero attached hydrogens (tertiary/aromatic N) is 6. The van der Waals surface area contributed by atoms with Crippen molar-refractivity contribution in [3.63, 3.8) is 0 Å². The topological polar surface area (TPSA) is 93.7 Å². The van der Waals surface area contributed by atoms with Gasteiger partial charge in [0.15, 0.2) is 11.5 Å². The second kappa shape index (κ2) is 12.2. The van der Waals surface area contributed by atoms with Crippen molar-refractivity contribution in [2.75, 3.05) is 24.7 Å². The monoisotopic (exact) mass is 565 g/mol. The molecule has 3 heterocycles. The Balaban J connectivity index is 0.00000225. The van der Waals surface area contributed by atoms with Gasteiger partial charge in [-0.05, 0) is 41.5 Å². The number of aromatic nitrogens is 5. The van der Waals surface area contributed by atoms with E-state index in [4.69, 9.17) is 5.73 Å². The Morgan fingerprint density at radius 1 is 0.871 bits per heavy atom. The smallest absolute Gasteiger partial charge is 0.165 e. The maximum absolute atomic E-state index is 6.14. The van der Waals surface area contributed by atoms with E-state index in [0.717, 1.165) is 26.8 Å². The van der Waals surface area contributed by atoms with Gasteiger partial charge >= 0.3 is 0 Å². The highest BCUT2D eigenvalue weighted by atomic mass is 79.9. The molecule has 4 rings (SSSR count). The fourth-order valence-electron chi connectivity index (χ4n) is 2.80. The van der Waals surface area contributed by atoms with Crippen LogP contribution in [0.4, 0.5) is 11.6 Å². The highest BCUT2D eigenvalue weighted by Crippen LogP contribution is 2.34. The van der Waals surface area contributed by atoms with Gasteiger partial charge in [0.1, 0.15) is 17.8 Å². The number of anilines is 2. The normalized spacial score (nSPS) is 9.52. The number of hydrogen-bond acceptors (Lipinski definition) is 7. The van der Waals surface area contributed by atoms with Crippen LogP contribution in [0.15, 0.2) is 53.3 Å². The second-order valence-electron chi connectivity index (χ2n) is 6.19. The van der Waals surface area contributed by atoms with E-state index in [1.165, 1.54) is 6.33 Å². The predicted octanol–water partition coefficient (Wildman–Crippen LogP) is 5.25. The SMILES string of the molecule is CN(C)c1ccc(-c2cc(-c3cccc(Br)c3)c3c(N)ncnc3n2)nn1.Cl.Cl.Cl.Cl. The summed E-state index contributed by atoms with van der Waals surface area (Å²) in [5.41, 5.74) is 9.88. The summed E-state index contributed by atoms with van der Waals surface area (Å²) in [6.07, 6.45) is 1.42. The molecule has 0 atom stereocenters. The van der Waals surface area contributed by atoms with Crippen LogP contribution in [0.5, 0.6) is 0 Å². The van der Waals surface area contributed by atoms with Gasteiger partial charge in [0, 0.05) is 18.6 Å². The summed E-state index contributed by atoms with van der Waals surface area (Å²) in [6.45, 7) is 0. The molecule has 0 saturated heterocycles. The van der Waals surface area contributed by atoms with Crippen molar-refractivity contribution < 1.29 is 0 Å². The maximum atomic E-state index is 6.14. The first-order valence-electron chi connectivity index (χ1n) is 8.21. The van der Waals surface area contributed by atoms with Crippen LogP contribution in [-0.4, -0.2) is 39.2 Å². The number of hydrogen-bond donors (Lipinski definition) is 1. The number of halogens is 5. The lowest BCUT2D eigenvalue weighted by Gasteiger charge is -2.12. The summed E-state index contributed by atoms with van der Waals surface area (Å²) in [7, 11) is 3.84. The van der Waals surface area contributed by atoms with E-state index in [1.807, 2.05) is 61.5 Å². The van der Waals surface area contributed by atoms with E-state index < -0.39 is 0 Å². The van der Waals surface area contributed by atoms with E-state index >= 15 is 0 Å². The Morgan fingerprint density at radius 3 is 2.23 bits per heavy atom. The van der Waals surface area contributed by atoms with Crippen molar-refractivity contribution in [2.24, 2.45) is 0 Å². The van der Waals surface area contributed by atoms with Gasteiger partial charge in [0.25, 0.3) is 0 Å². The van der Waals surface area contributed by atoms with Crippen LogP contribution in [0.3, 0.4) is 0 Å². The van der Waals surface area contributed by atoms with Gasteiger partial charge < -0.3 is 10.6 Å². The summed E-state index contributed by atoms with van der Waals surface area (Å²) in [4.78, 5) is 15.0. The lowest BCUT2D eigenvalue weighted by Crippen LogP contribution is -2.11. The lowest BCUT2D eigenvalue weighted by molar-refractivity contribution is 0.965. The van der Waals surface area contributed by atoms with E-state index in [2.05, 4.69) is 41.1 Å². The summed E-state index contributed by atoms with van der Waals surface area (Å²) in [5.74, 6) is 1.17. The number of pyridine rings is 1. The first kappa shape index (κ1) is 29.0. The summed E-state index contributed by atoms with van der Waals surface area (Å²) in [6, 6.07) is 13.7. The molecule has 0 radical (unpaired) electrons. The molecule has 0 spiro atoms. The molecule has 0 aliphatic heterocycles. The Labute approximate surface area is 213 Å². The van der Waals surface area contributed by atoms with Crippen LogP contribution in [0.1, 0.15) is 0 Å². The quantitative estimate of drug-likeness (QED) is 0.361. The zero-order valence-electron chi connectivity index (χ0n) is 16.4. The first-order chi connectivity index (χ1) is 13.0. The van der Waals surface area contributed by atoms with Gasteiger partial charge in [-0.1, -0.05) is 28.1 Å². The molecule has 0 fully saturated rings. The Kier molecular flexibility index (Phi) is 11.4. The minimum absolute atomic E-state index is 0. The molecule has 12 heteroatoms. The van der Waals surface area contributed by atoms with Gasteiger partial charge in [0.05, 0.1) is 11.1 Å². The molecule has 7 nitrogen and oxygen atoms in total. The predicted molar refractivity (Wildman–Crippen MR) is 139 cm³/mol. The van der Waals surface area contributed by atoms with Crippen LogP contribution < -0.4 is 10.6 Å². The van der Waals surface area contributed by atoms with Gasteiger partial charge in [-0.15, -0.1) is 59.8 Å². The van der Waals surface area contributed by atoms with E-state index in [0.29, 0.717) is 22.9 Å². The minimum atomic E-state index is 0. The third kappa shape index (κ3) is 6.05. The Bertz CT molecular complexity index is 1140. The number of rotatable bonds is 3. The van der Waals surface area contributed by atoms with Crippen molar-refractivity contribution in [3.05, 3.63) is 53.3 Å². The largest absolute Gasteiger partial charge is 0.383 e. The minimum Gasteiger partial charge on any atom is -0.383 e. The van der Waals surface area contributed by atoms with Crippen molar-refractivity contribution in [2.45, 2.75) is 0 Å². The molecule has 1 aromatic carbocycles. The summed E-state index contributed by atoms with van der Waals surface area (Å²) < 4.78 is 0.970. The number of nitrogen functional groups attached to an aromatic ring is 1. The van der Waals surface area contributed by atoms with Crippen molar-refractivity contribution in [3.8, 4) is 22.5 Å². The van der Waals surface area contributed by atoms with Crippen LogP contribution in [0.25, 0.3) is 33.5 Å². The second-order valence-corrected chi connectivity index (χ2v) is 7.11. The van der Waals surface area contributed by atoms with Gasteiger partial charge in [-0.2, -0.15) is 0 Å². The van der Waals surface area contributed by atoms with Crippen LogP contribution in [-0.2, 0) is 0 Å². The van der Waals surface area contributed by atoms with Crippen LogP contribution in [0, 0.1) is 0 Å². The molecule has 0 saturated carbocycles. The fourth-order valence-corrected chi connectivity index (χ4v) is 3.20. The fraction of sp³-hybridized carbons (Fsp3) is 0.105. The van der Waals surface area contributed by atoms with Gasteiger partial charge in [-0.25, -0.2) is 15.0 Å². The molecule has 0 aliphatic rings. The number of benzene rings is 1. The molecule has 166 valence electrons. The molecular formula is C19H20BrCl4N7. The highest BCUT2D eigenvalue weighted by Gasteiger charge is 2.15. The molecular weight excluding hydrogens is 548 g/mol. The van der Waals surface area contributed by atoms with E-state index in [-0.39, 0.29) is 49.6 Å². The van der Waals surface area contributed by atoms with Crippen molar-refractivity contribution in [1.29, 1.82) is 0 Å². The first-order valence-corrected chi connectivity index (χ1v) is 9.01. The molecule has 0 unspecified atom stereocenters. The van der Waals surface area contributed by atoms with E-state index in [1.54, 1.807) is 0 Å². The Morgan fingerprint density at radius 2 is 1.61 bits per heavy atom. The van der Waals surface area contributed by atoms with Crippen LogP contribution in [0.2, 0.25) is 0 Å². The average molecular weight is 568 g/mol. The highest BCUT2D eigenvalue weighted by molar-refractivity contribution is 9.10. The summed E-state index contributed by atoms with van der Waals surface area (Å²) in [5, 5.41) is 9.27. The molecule has 0 amide bonds. The molecule has 0 aliphatic carbocycles. The number of nitrogens with two attached hydrogens (primary N) is 1. The lowest BCUT2D eigenvalue weighted by atomic mass is 10.0. The standard InChI is InChI=1S/C19H16BrN7.4ClH/c1-27(2)16-7-6-14(25-26-16)15-9-13(11-4-3-5-12(20)8-11)17-18(21)22-10-23-19(17)24-15;;;;/h3-10H,1-2H3,(H2,21,22,23,24);4*1H. The van der Waals surface area contributed by atoms with Crippen molar-refractivity contribution in [1.82, 2.24) is 25.1 Å². The zero-order valence-corrected chi connectivity index (χ0v) is 21.2. The number of fused-ring (bicyclic) bond motifs is 1. The third-order valence-corrected chi connectivity index (χ3v) is 4.63. The van der Waals surface area contributed by atoms with Crippen LogP contribution >= 0.6 is 65.6 Å². The van der Waals surface area contributed by atoms with Crippen molar-refractivity contribution >= 4 is 88.2 Å². The average Bonchev–Trinajstić information content (AvgIpc) is 2.67. The van der Waals surface area contributed by atoms with E-state index in [9.17, 15) is 0 Å². The molecule has 0 bridgehead atoms. The molecule has 31 heavy (non-hydrogen) atoms. The van der Waals surface area contributed by atoms with Gasteiger partial charge in [-0.3, -0.25) is 0 Å². The Hall–Kier alpha value is -1.97. The molecule has 3 aromatic heterocycles. The molecule has 4 aromatic rings. The summed E-state index contributed by atoms with van der Waals surface area (Å²) >= 11 is 3.52. The zero-order chi connectivity index (χ0) is 19.0. The molecule has 2 N–H and O–H groups in total. The van der Waals surface area contributed by atoms with Gasteiger partial charge in [0.2, 0.25) is 0 Å². The maximum Gasteiger partial charge on any atom is 0.165 e. The third-order valence-electron chi connectivity index (χ3n) is 4.14.